The lowest BCUT2D eigenvalue weighted by molar-refractivity contribution is -0.124. The molecule has 1 aromatic heterocycles. The van der Waals surface area contributed by atoms with Gasteiger partial charge in [0, 0.05) is 12.5 Å². The van der Waals surface area contributed by atoms with E-state index in [2.05, 4.69) is 27.0 Å². The molecule has 1 N–H and O–H groups in total. The Morgan fingerprint density at radius 2 is 2.19 bits per heavy atom. The van der Waals surface area contributed by atoms with E-state index in [1.54, 1.807) is 11.3 Å². The molecule has 1 atom stereocenters. The molecule has 0 saturated heterocycles. The van der Waals surface area contributed by atoms with Crippen LogP contribution in [0.4, 0.5) is 0 Å². The second kappa shape index (κ2) is 6.01. The fourth-order valence-electron chi connectivity index (χ4n) is 1.46. The van der Waals surface area contributed by atoms with Gasteiger partial charge in [0.25, 0.3) is 0 Å². The molecule has 0 bridgehead atoms. The smallest absolute Gasteiger partial charge is 0.222 e. The van der Waals surface area contributed by atoms with Gasteiger partial charge >= 0.3 is 0 Å². The van der Waals surface area contributed by atoms with Gasteiger partial charge in [-0.3, -0.25) is 4.79 Å². The van der Waals surface area contributed by atoms with Crippen LogP contribution >= 0.6 is 11.3 Å². The molecule has 0 fully saturated rings. The lowest BCUT2D eigenvalue weighted by Crippen LogP contribution is -2.36. The summed E-state index contributed by atoms with van der Waals surface area (Å²) in [5.74, 6) is 0.160. The Morgan fingerprint density at radius 3 is 2.62 bits per heavy atom. The van der Waals surface area contributed by atoms with Crippen molar-refractivity contribution in [1.29, 1.82) is 0 Å². The Labute approximate surface area is 101 Å². The molecular formula is C12H20N2OS. The Bertz CT molecular complexity index is 320. The van der Waals surface area contributed by atoms with Crippen molar-refractivity contribution < 1.29 is 4.79 Å². The molecular weight excluding hydrogens is 220 g/mol. The van der Waals surface area contributed by atoms with Gasteiger partial charge in [-0.05, 0) is 36.5 Å². The van der Waals surface area contributed by atoms with E-state index in [0.29, 0.717) is 6.54 Å². The van der Waals surface area contributed by atoms with Crippen LogP contribution in [0, 0.1) is 5.92 Å². The van der Waals surface area contributed by atoms with E-state index in [9.17, 15) is 4.79 Å². The zero-order valence-corrected chi connectivity index (χ0v) is 11.2. The van der Waals surface area contributed by atoms with Gasteiger partial charge in [-0.1, -0.05) is 13.8 Å². The molecule has 0 aliphatic heterocycles. The van der Waals surface area contributed by atoms with Crippen molar-refractivity contribution in [3.8, 4) is 0 Å². The maximum absolute atomic E-state index is 11.5. The number of hydrogen-bond donors (Lipinski definition) is 1. The summed E-state index contributed by atoms with van der Waals surface area (Å²) in [6, 6.07) is 2.37. The molecule has 4 heteroatoms. The number of thiophene rings is 1. The van der Waals surface area contributed by atoms with Crippen molar-refractivity contribution in [2.45, 2.75) is 19.9 Å². The molecule has 1 aromatic rings. The Morgan fingerprint density at radius 1 is 1.50 bits per heavy atom. The summed E-state index contributed by atoms with van der Waals surface area (Å²) < 4.78 is 0. The summed E-state index contributed by atoms with van der Waals surface area (Å²) in [4.78, 5) is 13.6. The third-order valence-electron chi connectivity index (χ3n) is 2.55. The van der Waals surface area contributed by atoms with Crippen LogP contribution in [0.2, 0.25) is 0 Å². The molecule has 0 aromatic carbocycles. The first kappa shape index (κ1) is 13.2. The Hall–Kier alpha value is -0.870. The number of likely N-dealkylation sites (N-methyl/N-ethyl adjacent to an activating group) is 1. The number of carbonyl (C=O) groups is 1. The van der Waals surface area contributed by atoms with Crippen LogP contribution in [-0.4, -0.2) is 31.4 Å². The minimum absolute atomic E-state index is 0.0466. The minimum Gasteiger partial charge on any atom is -0.354 e. The molecule has 1 unspecified atom stereocenters. The molecule has 1 amide bonds. The number of nitrogens with one attached hydrogen (secondary N) is 1. The van der Waals surface area contributed by atoms with E-state index in [1.807, 2.05) is 27.9 Å². The molecule has 16 heavy (non-hydrogen) atoms. The SMILES string of the molecule is CC(C)C(=O)NCC(c1ccsc1)N(C)C. The third-order valence-corrected chi connectivity index (χ3v) is 3.25. The Balaban J connectivity index is 2.57. The average Bonchev–Trinajstić information content (AvgIpc) is 2.70. The van der Waals surface area contributed by atoms with Crippen LogP contribution < -0.4 is 5.32 Å². The lowest BCUT2D eigenvalue weighted by Gasteiger charge is -2.24. The molecule has 3 nitrogen and oxygen atoms in total. The number of rotatable bonds is 5. The summed E-state index contributed by atoms with van der Waals surface area (Å²) in [6.07, 6.45) is 0. The summed E-state index contributed by atoms with van der Waals surface area (Å²) >= 11 is 1.69. The second-order valence-corrected chi connectivity index (χ2v) is 5.22. The molecule has 1 rings (SSSR count). The van der Waals surface area contributed by atoms with Gasteiger partial charge in [0.05, 0.1) is 6.04 Å². The lowest BCUT2D eigenvalue weighted by atomic mass is 10.1. The van der Waals surface area contributed by atoms with Crippen LogP contribution in [0.25, 0.3) is 0 Å². The predicted molar refractivity (Wildman–Crippen MR) is 68.6 cm³/mol. The van der Waals surface area contributed by atoms with Gasteiger partial charge in [-0.2, -0.15) is 11.3 Å². The zero-order valence-electron chi connectivity index (χ0n) is 10.4. The quantitative estimate of drug-likeness (QED) is 0.855. The topological polar surface area (TPSA) is 32.3 Å². The predicted octanol–water partition coefficient (Wildman–Crippen LogP) is 2.12. The van der Waals surface area contributed by atoms with E-state index in [4.69, 9.17) is 0 Å². The number of carbonyl (C=O) groups excluding carboxylic acids is 1. The van der Waals surface area contributed by atoms with Crippen molar-refractivity contribution in [3.63, 3.8) is 0 Å². The molecule has 0 aliphatic carbocycles. The molecule has 0 aliphatic rings. The monoisotopic (exact) mass is 240 g/mol. The van der Waals surface area contributed by atoms with E-state index in [0.717, 1.165) is 0 Å². The molecule has 0 saturated carbocycles. The molecule has 0 radical (unpaired) electrons. The van der Waals surface area contributed by atoms with Crippen molar-refractivity contribution in [2.75, 3.05) is 20.6 Å². The van der Waals surface area contributed by atoms with Crippen molar-refractivity contribution >= 4 is 17.2 Å². The van der Waals surface area contributed by atoms with Crippen molar-refractivity contribution in [1.82, 2.24) is 10.2 Å². The van der Waals surface area contributed by atoms with Crippen LogP contribution in [0.15, 0.2) is 16.8 Å². The van der Waals surface area contributed by atoms with Crippen LogP contribution in [0.5, 0.6) is 0 Å². The summed E-state index contributed by atoms with van der Waals surface area (Å²) in [5.41, 5.74) is 1.26. The van der Waals surface area contributed by atoms with E-state index >= 15 is 0 Å². The first-order valence-electron chi connectivity index (χ1n) is 5.48. The number of nitrogens with zero attached hydrogens (tertiary/aromatic N) is 1. The first-order chi connectivity index (χ1) is 7.52. The fraction of sp³-hybridized carbons (Fsp3) is 0.583. The van der Waals surface area contributed by atoms with Gasteiger partial charge in [-0.25, -0.2) is 0 Å². The number of hydrogen-bond acceptors (Lipinski definition) is 3. The maximum Gasteiger partial charge on any atom is 0.222 e. The van der Waals surface area contributed by atoms with E-state index in [1.165, 1.54) is 5.56 Å². The standard InChI is InChI=1S/C12H20N2OS/c1-9(2)12(15)13-7-11(14(3)4)10-5-6-16-8-10/h5-6,8-9,11H,7H2,1-4H3,(H,13,15). The normalized spacial score (nSPS) is 13.1. The van der Waals surface area contributed by atoms with Gasteiger partial charge in [0.2, 0.25) is 5.91 Å². The largest absolute Gasteiger partial charge is 0.354 e. The summed E-state index contributed by atoms with van der Waals surface area (Å²) in [7, 11) is 4.06. The van der Waals surface area contributed by atoms with Gasteiger partial charge in [0.1, 0.15) is 0 Å². The fourth-order valence-corrected chi connectivity index (χ4v) is 2.17. The van der Waals surface area contributed by atoms with Crippen LogP contribution in [0.3, 0.4) is 0 Å². The second-order valence-electron chi connectivity index (χ2n) is 4.44. The highest BCUT2D eigenvalue weighted by Gasteiger charge is 2.16. The van der Waals surface area contributed by atoms with E-state index < -0.39 is 0 Å². The third kappa shape index (κ3) is 3.61. The van der Waals surface area contributed by atoms with Crippen molar-refractivity contribution in [3.05, 3.63) is 22.4 Å². The highest BCUT2D eigenvalue weighted by atomic mass is 32.1. The van der Waals surface area contributed by atoms with Crippen LogP contribution in [-0.2, 0) is 4.79 Å². The maximum atomic E-state index is 11.5. The highest BCUT2D eigenvalue weighted by Crippen LogP contribution is 2.19. The number of amides is 1. The van der Waals surface area contributed by atoms with Crippen LogP contribution in [0.1, 0.15) is 25.5 Å². The molecule has 0 spiro atoms. The zero-order chi connectivity index (χ0) is 12.1. The van der Waals surface area contributed by atoms with Gasteiger partial charge in [-0.15, -0.1) is 0 Å². The highest BCUT2D eigenvalue weighted by molar-refractivity contribution is 7.07. The van der Waals surface area contributed by atoms with Crippen molar-refractivity contribution in [2.24, 2.45) is 5.92 Å². The first-order valence-corrected chi connectivity index (χ1v) is 6.43. The van der Waals surface area contributed by atoms with Gasteiger partial charge < -0.3 is 10.2 Å². The van der Waals surface area contributed by atoms with Gasteiger partial charge in [0.15, 0.2) is 0 Å². The summed E-state index contributed by atoms with van der Waals surface area (Å²) in [6.45, 7) is 4.48. The van der Waals surface area contributed by atoms with E-state index in [-0.39, 0.29) is 17.9 Å². The minimum atomic E-state index is 0.0466. The molecule has 90 valence electrons. The summed E-state index contributed by atoms with van der Waals surface area (Å²) in [5, 5.41) is 7.17. The Kier molecular flexibility index (Phi) is 4.96. The molecule has 1 heterocycles. The average molecular weight is 240 g/mol.